The summed E-state index contributed by atoms with van der Waals surface area (Å²) in [5, 5.41) is 13.8. The Labute approximate surface area is 311 Å². The molecule has 0 aromatic heterocycles. The zero-order valence-corrected chi connectivity index (χ0v) is 32.6. The van der Waals surface area contributed by atoms with Crippen LogP contribution in [0.5, 0.6) is 0 Å². The largest absolute Gasteiger partial charge is 0.271 e. The summed E-state index contributed by atoms with van der Waals surface area (Å²) in [6, 6.07) is 57.3. The van der Waals surface area contributed by atoms with Crippen LogP contribution in [-0.4, -0.2) is 12.1 Å². The molecular formula is C46H50N4P2. The van der Waals surface area contributed by atoms with Crippen molar-refractivity contribution in [2.45, 2.75) is 65.5 Å². The van der Waals surface area contributed by atoms with Crippen LogP contribution in [-0.2, 0) is 0 Å². The number of nitrogens with one attached hydrogen (secondary N) is 2. The Hall–Kier alpha value is -4.30. The topological polar surface area (TPSA) is 48.8 Å². The quantitative estimate of drug-likeness (QED) is 0.138. The molecule has 52 heavy (non-hydrogen) atoms. The molecule has 1 saturated carbocycles. The van der Waals surface area contributed by atoms with E-state index in [1.165, 1.54) is 56.3 Å². The number of benzene rings is 6. The molecule has 1 aliphatic carbocycles. The van der Waals surface area contributed by atoms with Crippen molar-refractivity contribution in [3.05, 3.63) is 180 Å². The summed E-state index contributed by atoms with van der Waals surface area (Å²) in [6.07, 6.45) is 4.43. The monoisotopic (exact) mass is 720 g/mol. The maximum absolute atomic E-state index is 5.92. The van der Waals surface area contributed by atoms with Gasteiger partial charge in [-0.25, -0.2) is 9.49 Å². The fourth-order valence-corrected chi connectivity index (χ4v) is 14.6. The first-order valence-corrected chi connectivity index (χ1v) is 22.0. The molecule has 0 saturated heterocycles. The van der Waals surface area contributed by atoms with Gasteiger partial charge in [0, 0.05) is 33.3 Å². The lowest BCUT2D eigenvalue weighted by molar-refractivity contribution is 0.350. The van der Waals surface area contributed by atoms with E-state index in [1.807, 2.05) is 0 Å². The zero-order valence-electron chi connectivity index (χ0n) is 30.8. The predicted octanol–water partition coefficient (Wildman–Crippen LogP) is 10.9. The van der Waals surface area contributed by atoms with Crippen LogP contribution in [0.25, 0.3) is 0 Å². The van der Waals surface area contributed by atoms with Gasteiger partial charge in [0.15, 0.2) is 0 Å². The van der Waals surface area contributed by atoms with Crippen LogP contribution in [0.1, 0.15) is 47.9 Å². The highest BCUT2D eigenvalue weighted by Gasteiger charge is 2.37. The lowest BCUT2D eigenvalue weighted by Gasteiger charge is -2.41. The number of nitrogens with zero attached hydrogens (tertiary/aromatic N) is 2. The average molecular weight is 721 g/mol. The lowest BCUT2D eigenvalue weighted by atomic mass is 9.92. The summed E-state index contributed by atoms with van der Waals surface area (Å²) in [5.41, 5.74) is 6.95. The first-order chi connectivity index (χ1) is 25.4. The first kappa shape index (κ1) is 36.1. The number of hydrogen-bond acceptors (Lipinski definition) is 2. The van der Waals surface area contributed by atoms with E-state index in [0.29, 0.717) is 0 Å². The van der Waals surface area contributed by atoms with Crippen LogP contribution < -0.4 is 31.4 Å². The Bertz CT molecular complexity index is 1930. The van der Waals surface area contributed by atoms with Gasteiger partial charge in [-0.2, -0.15) is 0 Å². The van der Waals surface area contributed by atoms with Crippen molar-refractivity contribution in [1.82, 2.24) is 10.2 Å². The molecule has 7 rings (SSSR count). The van der Waals surface area contributed by atoms with Gasteiger partial charge in [-0.1, -0.05) is 171 Å². The molecule has 1 fully saturated rings. The van der Waals surface area contributed by atoms with Gasteiger partial charge < -0.3 is 0 Å². The predicted molar refractivity (Wildman–Crippen MR) is 226 cm³/mol. The van der Waals surface area contributed by atoms with Gasteiger partial charge in [0.25, 0.3) is 0 Å². The van der Waals surface area contributed by atoms with Gasteiger partial charge in [-0.3, -0.25) is 10.2 Å². The van der Waals surface area contributed by atoms with Crippen molar-refractivity contribution in [1.29, 1.82) is 0 Å². The molecule has 0 spiro atoms. The van der Waals surface area contributed by atoms with Gasteiger partial charge in [0.1, 0.15) is 0 Å². The Kier molecular flexibility index (Phi) is 11.2. The van der Waals surface area contributed by atoms with E-state index in [9.17, 15) is 0 Å². The summed E-state index contributed by atoms with van der Waals surface area (Å²) in [5.74, 6) is 0. The molecule has 6 heteroatoms. The minimum Gasteiger partial charge on any atom is -0.271 e. The highest BCUT2D eigenvalue weighted by Crippen LogP contribution is 2.52. The number of hydrogen-bond donors (Lipinski definition) is 2. The molecule has 4 nitrogen and oxygen atoms in total. The van der Waals surface area contributed by atoms with Gasteiger partial charge in [-0.05, 0) is 62.8 Å². The van der Waals surface area contributed by atoms with E-state index >= 15 is 0 Å². The molecule has 2 N–H and O–H groups in total. The van der Waals surface area contributed by atoms with Crippen LogP contribution >= 0.6 is 14.4 Å². The molecule has 0 radical (unpaired) electrons. The third-order valence-electron chi connectivity index (χ3n) is 10.4. The van der Waals surface area contributed by atoms with E-state index < -0.39 is 14.4 Å². The lowest BCUT2D eigenvalue weighted by Crippen LogP contribution is -2.51. The molecule has 0 amide bonds. The van der Waals surface area contributed by atoms with E-state index in [-0.39, 0.29) is 12.1 Å². The Morgan fingerprint density at radius 3 is 0.923 bits per heavy atom. The Morgan fingerprint density at radius 2 is 0.654 bits per heavy atom. The van der Waals surface area contributed by atoms with Crippen LogP contribution in [0.2, 0.25) is 0 Å². The molecule has 264 valence electrons. The smallest absolute Gasteiger partial charge is 0.0927 e. The van der Waals surface area contributed by atoms with E-state index in [2.05, 4.69) is 196 Å². The van der Waals surface area contributed by atoms with E-state index in [1.54, 1.807) is 0 Å². The summed E-state index contributed by atoms with van der Waals surface area (Å²) < 4.78 is 11.8. The van der Waals surface area contributed by atoms with Crippen molar-refractivity contribution in [3.63, 3.8) is 0 Å². The molecule has 6 aromatic rings. The third kappa shape index (κ3) is 7.45. The minimum atomic E-state index is -2.56. The highest BCUT2D eigenvalue weighted by atomic mass is 31.2. The molecule has 2 atom stereocenters. The Morgan fingerprint density at radius 1 is 0.385 bits per heavy atom. The molecule has 1 aliphatic rings. The number of aryl methyl sites for hydroxylation is 4. The summed E-state index contributed by atoms with van der Waals surface area (Å²) >= 11 is 0. The maximum Gasteiger partial charge on any atom is 0.0927 e. The van der Waals surface area contributed by atoms with Gasteiger partial charge in [-0.15, -0.1) is 0 Å². The third-order valence-corrected chi connectivity index (χ3v) is 17.0. The second-order valence-electron chi connectivity index (χ2n) is 14.0. The SMILES string of the molecule is Cc1cccc(C)c1N=P(N[C@@H]1CCCC[C@H]1NP(=Nc1c(C)cccc1C)(c1ccccc1)c1ccccc1)(c1ccccc1)c1ccccc1. The van der Waals surface area contributed by atoms with Crippen molar-refractivity contribution >= 4 is 47.0 Å². The van der Waals surface area contributed by atoms with Crippen LogP contribution in [0, 0.1) is 27.7 Å². The van der Waals surface area contributed by atoms with Crippen molar-refractivity contribution in [2.24, 2.45) is 9.49 Å². The van der Waals surface area contributed by atoms with E-state index in [0.717, 1.165) is 24.2 Å². The molecule has 0 bridgehead atoms. The van der Waals surface area contributed by atoms with Crippen molar-refractivity contribution < 1.29 is 0 Å². The number of rotatable bonds is 10. The second-order valence-corrected chi connectivity index (χ2v) is 19.6. The van der Waals surface area contributed by atoms with Crippen molar-refractivity contribution in [3.8, 4) is 0 Å². The Balaban J connectivity index is 1.45. The maximum atomic E-state index is 5.92. The molecule has 0 aliphatic heterocycles. The average Bonchev–Trinajstić information content (AvgIpc) is 3.19. The van der Waals surface area contributed by atoms with Crippen molar-refractivity contribution in [2.75, 3.05) is 0 Å². The molecular weight excluding hydrogens is 670 g/mol. The highest BCUT2D eigenvalue weighted by molar-refractivity contribution is 7.79. The second kappa shape index (κ2) is 16.2. The molecule has 6 aromatic carbocycles. The fraction of sp³-hybridized carbons (Fsp3) is 0.217. The van der Waals surface area contributed by atoms with Gasteiger partial charge in [0.05, 0.1) is 25.8 Å². The molecule has 0 unspecified atom stereocenters. The summed E-state index contributed by atoms with van der Waals surface area (Å²) in [6.45, 7) is 8.76. The normalized spacial score (nSPS) is 16.3. The van der Waals surface area contributed by atoms with E-state index in [4.69, 9.17) is 9.49 Å². The minimum absolute atomic E-state index is 0.149. The van der Waals surface area contributed by atoms with Crippen LogP contribution in [0.4, 0.5) is 11.4 Å². The summed E-state index contributed by atoms with van der Waals surface area (Å²) in [4.78, 5) is 0. The summed E-state index contributed by atoms with van der Waals surface area (Å²) in [7, 11) is -5.11. The van der Waals surface area contributed by atoms with Crippen LogP contribution in [0.15, 0.2) is 167 Å². The zero-order chi connectivity index (χ0) is 36.0. The molecule has 0 heterocycles. The van der Waals surface area contributed by atoms with Gasteiger partial charge >= 0.3 is 0 Å². The standard InChI is InChI=1S/C46H50N4P2/c1-35-21-19-22-36(2)45(35)49-51(39-25-9-5-10-26-39,40-27-11-6-12-28-40)47-43-33-17-18-34-44(43)48-52(41-29-13-7-14-30-41,42-31-15-8-16-32-42)50-46-37(3)23-20-24-38(46)4/h5-16,19-32,43-44,47-48H,17-18,33-34H2,1-4H3/t43-,44-/m1/s1. The van der Waals surface area contributed by atoms with Gasteiger partial charge in [0.2, 0.25) is 0 Å². The van der Waals surface area contributed by atoms with Crippen LogP contribution in [0.3, 0.4) is 0 Å². The fourth-order valence-electron chi connectivity index (χ4n) is 7.61. The first-order valence-electron chi connectivity index (χ1n) is 18.5.